The fourth-order valence-corrected chi connectivity index (χ4v) is 1.56. The van der Waals surface area contributed by atoms with E-state index in [0.717, 1.165) is 10.0 Å². The predicted octanol–water partition coefficient (Wildman–Crippen LogP) is 2.73. The summed E-state index contributed by atoms with van der Waals surface area (Å²) in [4.78, 5) is 0. The zero-order chi connectivity index (χ0) is 9.84. The van der Waals surface area contributed by atoms with Crippen molar-refractivity contribution >= 4 is 27.5 Å². The Labute approximate surface area is 90.6 Å². The molecular weight excluding hydrogens is 255 g/mol. The van der Waals surface area contributed by atoms with Crippen LogP contribution in [0, 0.1) is 0 Å². The van der Waals surface area contributed by atoms with E-state index in [2.05, 4.69) is 15.9 Å². The van der Waals surface area contributed by atoms with Crippen LogP contribution < -0.4 is 4.74 Å². The Morgan fingerprint density at radius 3 is 2.85 bits per heavy atom. The monoisotopic (exact) mass is 264 g/mol. The van der Waals surface area contributed by atoms with Crippen LogP contribution in [0.3, 0.4) is 0 Å². The molecule has 0 aliphatic carbocycles. The Bertz CT molecular complexity index is 291. The van der Waals surface area contributed by atoms with E-state index in [9.17, 15) is 5.11 Å². The molecule has 1 atom stereocenters. The number of halogens is 2. The van der Waals surface area contributed by atoms with E-state index in [0.29, 0.717) is 5.75 Å². The van der Waals surface area contributed by atoms with Crippen LogP contribution in [0.5, 0.6) is 5.75 Å². The number of alkyl halides is 1. The van der Waals surface area contributed by atoms with Gasteiger partial charge in [0.05, 0.1) is 23.6 Å². The van der Waals surface area contributed by atoms with Gasteiger partial charge < -0.3 is 9.84 Å². The lowest BCUT2D eigenvalue weighted by molar-refractivity contribution is 0.202. The molecule has 0 spiro atoms. The topological polar surface area (TPSA) is 29.5 Å². The maximum atomic E-state index is 9.44. The zero-order valence-corrected chi connectivity index (χ0v) is 9.47. The third-order valence-corrected chi connectivity index (χ3v) is 2.65. The van der Waals surface area contributed by atoms with E-state index in [1.54, 1.807) is 19.2 Å². The Hall–Kier alpha value is -0.250. The van der Waals surface area contributed by atoms with Gasteiger partial charge in [0.25, 0.3) is 0 Å². The highest BCUT2D eigenvalue weighted by Gasteiger charge is 2.08. The van der Waals surface area contributed by atoms with Crippen molar-refractivity contribution in [3.63, 3.8) is 0 Å². The van der Waals surface area contributed by atoms with Crippen molar-refractivity contribution in [3.8, 4) is 5.75 Å². The maximum Gasteiger partial charge on any atom is 0.133 e. The zero-order valence-electron chi connectivity index (χ0n) is 7.13. The fraction of sp³-hybridized carbons (Fsp3) is 0.333. The van der Waals surface area contributed by atoms with E-state index in [1.807, 2.05) is 6.07 Å². The summed E-state index contributed by atoms with van der Waals surface area (Å²) in [5.74, 6) is 0.881. The van der Waals surface area contributed by atoms with E-state index in [4.69, 9.17) is 16.3 Å². The first-order chi connectivity index (χ1) is 6.19. The number of aliphatic hydroxyl groups is 1. The van der Waals surface area contributed by atoms with E-state index < -0.39 is 6.10 Å². The summed E-state index contributed by atoms with van der Waals surface area (Å²) in [6.07, 6.45) is -0.635. The summed E-state index contributed by atoms with van der Waals surface area (Å²) in [7, 11) is 1.58. The molecule has 4 heteroatoms. The average molecular weight is 266 g/mol. The smallest absolute Gasteiger partial charge is 0.133 e. The summed E-state index contributed by atoms with van der Waals surface area (Å²) in [6, 6.07) is 5.39. The standard InChI is InChI=1S/C9H10BrClO2/c1-13-9-4-6(8(12)5-11)2-3-7(9)10/h2-4,8,12H,5H2,1H3/t8-/m0/s1. The minimum atomic E-state index is -0.635. The van der Waals surface area contributed by atoms with E-state index >= 15 is 0 Å². The summed E-state index contributed by atoms with van der Waals surface area (Å²) in [5, 5.41) is 9.44. The van der Waals surface area contributed by atoms with Gasteiger partial charge in [-0.15, -0.1) is 11.6 Å². The second kappa shape index (κ2) is 4.84. The lowest BCUT2D eigenvalue weighted by Gasteiger charge is -2.09. The summed E-state index contributed by atoms with van der Waals surface area (Å²) in [5.41, 5.74) is 0.759. The molecule has 0 amide bonds. The van der Waals surface area contributed by atoms with Gasteiger partial charge in [0, 0.05) is 0 Å². The van der Waals surface area contributed by atoms with Gasteiger partial charge in [0.2, 0.25) is 0 Å². The van der Waals surface area contributed by atoms with Gasteiger partial charge in [-0.25, -0.2) is 0 Å². The van der Waals surface area contributed by atoms with E-state index in [1.165, 1.54) is 0 Å². The molecule has 0 radical (unpaired) electrons. The molecular formula is C9H10BrClO2. The number of rotatable bonds is 3. The van der Waals surface area contributed by atoms with Crippen molar-refractivity contribution in [2.45, 2.75) is 6.10 Å². The molecule has 1 aromatic rings. The van der Waals surface area contributed by atoms with Gasteiger partial charge in [-0.05, 0) is 33.6 Å². The van der Waals surface area contributed by atoms with E-state index in [-0.39, 0.29) is 5.88 Å². The molecule has 0 unspecified atom stereocenters. The van der Waals surface area contributed by atoms with Crippen LogP contribution in [0.2, 0.25) is 0 Å². The highest BCUT2D eigenvalue weighted by molar-refractivity contribution is 9.10. The molecule has 0 aliphatic rings. The highest BCUT2D eigenvalue weighted by Crippen LogP contribution is 2.28. The Morgan fingerprint density at radius 1 is 1.62 bits per heavy atom. The lowest BCUT2D eigenvalue weighted by atomic mass is 10.1. The third-order valence-electron chi connectivity index (χ3n) is 1.71. The SMILES string of the molecule is COc1cc([C@@H](O)CCl)ccc1Br. The first-order valence-electron chi connectivity index (χ1n) is 3.76. The predicted molar refractivity (Wildman–Crippen MR) is 56.4 cm³/mol. The van der Waals surface area contributed by atoms with Gasteiger partial charge in [-0.1, -0.05) is 6.07 Å². The normalized spacial score (nSPS) is 12.6. The van der Waals surface area contributed by atoms with Crippen LogP contribution in [0.1, 0.15) is 11.7 Å². The third kappa shape index (κ3) is 2.59. The number of methoxy groups -OCH3 is 1. The fourth-order valence-electron chi connectivity index (χ4n) is 0.973. The number of hydrogen-bond acceptors (Lipinski definition) is 2. The molecule has 13 heavy (non-hydrogen) atoms. The molecule has 0 saturated heterocycles. The van der Waals surface area contributed by atoms with Crippen molar-refractivity contribution in [3.05, 3.63) is 28.2 Å². The summed E-state index contributed by atoms with van der Waals surface area (Å²) in [6.45, 7) is 0. The summed E-state index contributed by atoms with van der Waals surface area (Å²) < 4.78 is 5.94. The molecule has 0 heterocycles. The van der Waals surface area contributed by atoms with Crippen molar-refractivity contribution in [1.82, 2.24) is 0 Å². The van der Waals surface area contributed by atoms with Crippen LogP contribution in [0.15, 0.2) is 22.7 Å². The molecule has 0 bridgehead atoms. The Morgan fingerprint density at radius 2 is 2.31 bits per heavy atom. The van der Waals surface area contributed by atoms with Crippen LogP contribution in [0.4, 0.5) is 0 Å². The highest BCUT2D eigenvalue weighted by atomic mass is 79.9. The Kier molecular flexibility index (Phi) is 4.03. The van der Waals surface area contributed by atoms with Crippen molar-refractivity contribution in [2.75, 3.05) is 13.0 Å². The van der Waals surface area contributed by atoms with Crippen LogP contribution in [-0.4, -0.2) is 18.1 Å². The largest absolute Gasteiger partial charge is 0.496 e. The van der Waals surface area contributed by atoms with Crippen molar-refractivity contribution in [1.29, 1.82) is 0 Å². The quantitative estimate of drug-likeness (QED) is 0.852. The molecule has 1 aromatic carbocycles. The van der Waals surface area contributed by atoms with Gasteiger partial charge in [0.1, 0.15) is 5.75 Å². The molecule has 0 saturated carbocycles. The molecule has 0 fully saturated rings. The second-order valence-electron chi connectivity index (χ2n) is 2.56. The van der Waals surface area contributed by atoms with Gasteiger partial charge in [-0.2, -0.15) is 0 Å². The van der Waals surface area contributed by atoms with Crippen LogP contribution in [-0.2, 0) is 0 Å². The molecule has 1 rings (SSSR count). The van der Waals surface area contributed by atoms with Crippen molar-refractivity contribution in [2.24, 2.45) is 0 Å². The molecule has 72 valence electrons. The number of hydrogen-bond donors (Lipinski definition) is 1. The average Bonchev–Trinajstić information content (AvgIpc) is 2.17. The van der Waals surface area contributed by atoms with Gasteiger partial charge in [0.15, 0.2) is 0 Å². The van der Waals surface area contributed by atoms with Crippen LogP contribution >= 0.6 is 27.5 Å². The molecule has 0 aromatic heterocycles. The number of ether oxygens (including phenoxy) is 1. The molecule has 0 aliphatic heterocycles. The minimum Gasteiger partial charge on any atom is -0.496 e. The number of aliphatic hydroxyl groups excluding tert-OH is 1. The second-order valence-corrected chi connectivity index (χ2v) is 3.73. The maximum absolute atomic E-state index is 9.44. The Balaban J connectivity index is 2.99. The first-order valence-corrected chi connectivity index (χ1v) is 5.09. The van der Waals surface area contributed by atoms with Crippen LogP contribution in [0.25, 0.3) is 0 Å². The molecule has 2 nitrogen and oxygen atoms in total. The lowest BCUT2D eigenvalue weighted by Crippen LogP contribution is -1.99. The van der Waals surface area contributed by atoms with Gasteiger partial charge in [-0.3, -0.25) is 0 Å². The van der Waals surface area contributed by atoms with Gasteiger partial charge >= 0.3 is 0 Å². The summed E-state index contributed by atoms with van der Waals surface area (Å²) >= 11 is 8.84. The van der Waals surface area contributed by atoms with Crippen molar-refractivity contribution < 1.29 is 9.84 Å². The minimum absolute atomic E-state index is 0.185. The first kappa shape index (κ1) is 10.8. The molecule has 1 N–H and O–H groups in total. The number of benzene rings is 1.